The van der Waals surface area contributed by atoms with Crippen molar-refractivity contribution in [3.8, 4) is 5.75 Å². The predicted octanol–water partition coefficient (Wildman–Crippen LogP) is 5.61. The monoisotopic (exact) mass is 359 g/mol. The average molecular weight is 360 g/mol. The lowest BCUT2D eigenvalue weighted by molar-refractivity contribution is 0.469. The standard InChI is InChI=1S/C16H15N3OS2.C2H6/c20-15-4-2-1-3-12(15)11-18-13-5-7-14(8-6-13)22-19-16-17-9-10-21-16;1-2/h1-10,18,20H,11H2,(H,17,19);1-2H3. The molecule has 0 fully saturated rings. The van der Waals surface area contributed by atoms with Crippen molar-refractivity contribution in [3.63, 3.8) is 0 Å². The van der Waals surface area contributed by atoms with Gasteiger partial charge in [0, 0.05) is 34.3 Å². The van der Waals surface area contributed by atoms with Gasteiger partial charge < -0.3 is 15.1 Å². The van der Waals surface area contributed by atoms with Gasteiger partial charge >= 0.3 is 0 Å². The van der Waals surface area contributed by atoms with Gasteiger partial charge in [-0.1, -0.05) is 32.0 Å². The summed E-state index contributed by atoms with van der Waals surface area (Å²) < 4.78 is 3.20. The maximum atomic E-state index is 9.74. The molecular formula is C18H21N3OS2. The molecule has 0 spiro atoms. The number of para-hydroxylation sites is 1. The van der Waals surface area contributed by atoms with Gasteiger partial charge in [0.05, 0.1) is 0 Å². The van der Waals surface area contributed by atoms with Gasteiger partial charge in [-0.15, -0.1) is 11.3 Å². The third-order valence-corrected chi connectivity index (χ3v) is 4.64. The Kier molecular flexibility index (Phi) is 7.45. The first-order valence-electron chi connectivity index (χ1n) is 7.74. The lowest BCUT2D eigenvalue weighted by atomic mass is 10.2. The van der Waals surface area contributed by atoms with Crippen LogP contribution in [-0.2, 0) is 6.54 Å². The Labute approximate surface area is 151 Å². The van der Waals surface area contributed by atoms with Gasteiger partial charge in [-0.3, -0.25) is 0 Å². The smallest absolute Gasteiger partial charge is 0.192 e. The van der Waals surface area contributed by atoms with Crippen LogP contribution < -0.4 is 10.0 Å². The molecule has 0 atom stereocenters. The van der Waals surface area contributed by atoms with Crippen molar-refractivity contribution in [1.82, 2.24) is 4.98 Å². The topological polar surface area (TPSA) is 57.2 Å². The fraction of sp³-hybridized carbons (Fsp3) is 0.167. The first-order chi connectivity index (χ1) is 11.8. The van der Waals surface area contributed by atoms with E-state index >= 15 is 0 Å². The fourth-order valence-electron chi connectivity index (χ4n) is 1.87. The van der Waals surface area contributed by atoms with E-state index in [9.17, 15) is 5.11 Å². The van der Waals surface area contributed by atoms with Crippen molar-refractivity contribution >= 4 is 34.1 Å². The van der Waals surface area contributed by atoms with Crippen molar-refractivity contribution in [1.29, 1.82) is 0 Å². The maximum Gasteiger partial charge on any atom is 0.192 e. The minimum atomic E-state index is 0.315. The van der Waals surface area contributed by atoms with Gasteiger partial charge in [-0.2, -0.15) is 0 Å². The SMILES string of the molecule is CC.Oc1ccccc1CNc1ccc(SNc2nccs2)cc1. The number of nitrogens with one attached hydrogen (secondary N) is 2. The minimum Gasteiger partial charge on any atom is -0.508 e. The zero-order chi connectivity index (χ0) is 17.2. The number of nitrogens with zero attached hydrogens (tertiary/aromatic N) is 1. The van der Waals surface area contributed by atoms with Gasteiger partial charge in [0.25, 0.3) is 0 Å². The molecule has 3 N–H and O–H groups in total. The van der Waals surface area contributed by atoms with Crippen molar-refractivity contribution in [3.05, 3.63) is 65.7 Å². The molecule has 0 radical (unpaired) electrons. The van der Waals surface area contributed by atoms with E-state index in [1.54, 1.807) is 23.6 Å². The van der Waals surface area contributed by atoms with E-state index in [2.05, 4.69) is 15.0 Å². The van der Waals surface area contributed by atoms with E-state index in [-0.39, 0.29) is 0 Å². The third-order valence-electron chi connectivity index (χ3n) is 3.02. The molecule has 0 amide bonds. The molecule has 0 saturated heterocycles. The van der Waals surface area contributed by atoms with E-state index in [0.717, 1.165) is 21.3 Å². The van der Waals surface area contributed by atoms with Crippen molar-refractivity contribution in [2.75, 3.05) is 10.0 Å². The van der Waals surface area contributed by atoms with Crippen LogP contribution in [0.25, 0.3) is 0 Å². The largest absolute Gasteiger partial charge is 0.508 e. The van der Waals surface area contributed by atoms with Crippen LogP contribution >= 0.6 is 23.3 Å². The molecule has 3 rings (SSSR count). The molecule has 1 aromatic heterocycles. The van der Waals surface area contributed by atoms with Gasteiger partial charge in [0.1, 0.15) is 5.75 Å². The molecule has 1 heterocycles. The highest BCUT2D eigenvalue weighted by Crippen LogP contribution is 2.24. The molecule has 0 aliphatic heterocycles. The Balaban J connectivity index is 0.00000100. The van der Waals surface area contributed by atoms with Gasteiger partial charge in [0.2, 0.25) is 0 Å². The first kappa shape index (κ1) is 18.2. The molecule has 0 bridgehead atoms. The maximum absolute atomic E-state index is 9.74. The minimum absolute atomic E-state index is 0.315. The molecule has 0 aliphatic rings. The molecule has 2 aromatic carbocycles. The number of rotatable bonds is 6. The van der Waals surface area contributed by atoms with E-state index in [1.807, 2.05) is 61.7 Å². The number of aromatic nitrogens is 1. The molecule has 0 saturated carbocycles. The highest BCUT2D eigenvalue weighted by atomic mass is 32.2. The summed E-state index contributed by atoms with van der Waals surface area (Å²) in [6, 6.07) is 15.5. The van der Waals surface area contributed by atoms with Crippen molar-refractivity contribution in [2.45, 2.75) is 25.3 Å². The highest BCUT2D eigenvalue weighted by molar-refractivity contribution is 8.00. The number of aromatic hydroxyl groups is 1. The van der Waals surface area contributed by atoms with Crippen LogP contribution in [0.5, 0.6) is 5.75 Å². The van der Waals surface area contributed by atoms with E-state index < -0.39 is 0 Å². The summed E-state index contributed by atoms with van der Waals surface area (Å²) in [5.74, 6) is 0.315. The number of phenolic OH excluding ortho intramolecular Hbond substituents is 1. The Morgan fingerprint density at radius 1 is 1.08 bits per heavy atom. The van der Waals surface area contributed by atoms with Crippen LogP contribution in [0.3, 0.4) is 0 Å². The predicted molar refractivity (Wildman–Crippen MR) is 105 cm³/mol. The Hall–Kier alpha value is -2.18. The number of anilines is 2. The number of hydrogen-bond donors (Lipinski definition) is 3. The first-order valence-corrected chi connectivity index (χ1v) is 9.44. The van der Waals surface area contributed by atoms with E-state index in [4.69, 9.17) is 0 Å². The summed E-state index contributed by atoms with van der Waals surface area (Å²) in [4.78, 5) is 5.28. The fourth-order valence-corrected chi connectivity index (χ4v) is 3.09. The quantitative estimate of drug-likeness (QED) is 0.500. The Morgan fingerprint density at radius 3 is 2.50 bits per heavy atom. The van der Waals surface area contributed by atoms with Crippen LogP contribution in [0.1, 0.15) is 19.4 Å². The molecule has 0 aliphatic carbocycles. The second-order valence-corrected chi connectivity index (χ2v) is 6.32. The normalized spacial score (nSPS) is 9.75. The summed E-state index contributed by atoms with van der Waals surface area (Å²) in [5.41, 5.74) is 1.90. The van der Waals surface area contributed by atoms with Gasteiger partial charge in [0.15, 0.2) is 5.13 Å². The second-order valence-electron chi connectivity index (χ2n) is 4.55. The lowest BCUT2D eigenvalue weighted by Crippen LogP contribution is -1.99. The van der Waals surface area contributed by atoms with Crippen LogP contribution in [-0.4, -0.2) is 10.1 Å². The molecule has 6 heteroatoms. The number of phenols is 1. The number of thiazole rings is 1. The number of benzene rings is 2. The Bertz CT molecular complexity index is 715. The third kappa shape index (κ3) is 5.47. The Morgan fingerprint density at radius 2 is 1.83 bits per heavy atom. The summed E-state index contributed by atoms with van der Waals surface area (Å²) in [5, 5.41) is 15.9. The van der Waals surface area contributed by atoms with Gasteiger partial charge in [-0.25, -0.2) is 4.98 Å². The van der Waals surface area contributed by atoms with E-state index in [1.165, 1.54) is 11.9 Å². The summed E-state index contributed by atoms with van der Waals surface area (Å²) >= 11 is 3.11. The van der Waals surface area contributed by atoms with E-state index in [0.29, 0.717) is 12.3 Å². The van der Waals surface area contributed by atoms with Crippen molar-refractivity contribution < 1.29 is 5.11 Å². The van der Waals surface area contributed by atoms with Crippen LogP contribution in [0.4, 0.5) is 10.8 Å². The molecule has 126 valence electrons. The second kappa shape index (κ2) is 9.85. The molecule has 4 nitrogen and oxygen atoms in total. The van der Waals surface area contributed by atoms with Crippen LogP contribution in [0.2, 0.25) is 0 Å². The van der Waals surface area contributed by atoms with Gasteiger partial charge in [-0.05, 0) is 42.3 Å². The zero-order valence-electron chi connectivity index (χ0n) is 13.7. The molecule has 3 aromatic rings. The molecular weight excluding hydrogens is 338 g/mol. The number of hydrogen-bond acceptors (Lipinski definition) is 6. The molecule has 24 heavy (non-hydrogen) atoms. The summed E-state index contributed by atoms with van der Waals surface area (Å²) in [6.45, 7) is 4.59. The average Bonchev–Trinajstić information content (AvgIpc) is 3.15. The zero-order valence-corrected chi connectivity index (χ0v) is 15.3. The highest BCUT2D eigenvalue weighted by Gasteiger charge is 2.01. The molecule has 0 unspecified atom stereocenters. The summed E-state index contributed by atoms with van der Waals surface area (Å²) in [7, 11) is 0. The van der Waals surface area contributed by atoms with Crippen LogP contribution in [0.15, 0.2) is 65.0 Å². The van der Waals surface area contributed by atoms with Crippen LogP contribution in [0, 0.1) is 0 Å². The van der Waals surface area contributed by atoms with Crippen molar-refractivity contribution in [2.24, 2.45) is 0 Å². The summed E-state index contributed by atoms with van der Waals surface area (Å²) in [6.07, 6.45) is 1.78. The lowest BCUT2D eigenvalue weighted by Gasteiger charge is -2.09.